The Hall–Kier alpha value is -3.45. The molecule has 1 aliphatic heterocycles. The van der Waals surface area contributed by atoms with Crippen molar-refractivity contribution in [2.24, 2.45) is 0 Å². The van der Waals surface area contributed by atoms with Crippen molar-refractivity contribution in [2.45, 2.75) is 54.5 Å². The second-order valence-corrected chi connectivity index (χ2v) is 13.5. The Morgan fingerprint density at radius 2 is 1.50 bits per heavy atom. The van der Waals surface area contributed by atoms with Gasteiger partial charge < -0.3 is 14.8 Å². The van der Waals surface area contributed by atoms with E-state index in [0.717, 1.165) is 36.4 Å². The van der Waals surface area contributed by atoms with Gasteiger partial charge in [-0.15, -0.1) is 0 Å². The largest absolute Gasteiger partial charge is 0.454 e. The van der Waals surface area contributed by atoms with Gasteiger partial charge in [-0.25, -0.2) is 21.6 Å². The Bertz CT molecular complexity index is 1560. The first kappa shape index (κ1) is 28.1. The lowest BCUT2D eigenvalue weighted by molar-refractivity contribution is -0.116. The molecule has 0 aromatic heterocycles. The molecule has 5 rings (SSSR count). The van der Waals surface area contributed by atoms with Crippen LogP contribution in [0.4, 0.5) is 5.69 Å². The molecule has 1 amide bonds. The zero-order chi connectivity index (χ0) is 28.2. The number of ether oxygens (including phenoxy) is 2. The van der Waals surface area contributed by atoms with Crippen molar-refractivity contribution in [1.29, 1.82) is 0 Å². The van der Waals surface area contributed by atoms with Crippen LogP contribution < -0.4 is 19.5 Å². The minimum absolute atomic E-state index is 0.0128. The maximum Gasteiger partial charge on any atom is 0.243 e. The smallest absolute Gasteiger partial charge is 0.243 e. The van der Waals surface area contributed by atoms with Crippen LogP contribution in [-0.4, -0.2) is 46.4 Å². The van der Waals surface area contributed by atoms with Crippen LogP contribution in [0.25, 0.3) is 0 Å². The van der Waals surface area contributed by atoms with E-state index in [2.05, 4.69) is 10.0 Å². The first-order chi connectivity index (χ1) is 19.2. The predicted molar refractivity (Wildman–Crippen MR) is 149 cm³/mol. The van der Waals surface area contributed by atoms with Gasteiger partial charge in [0.25, 0.3) is 0 Å². The highest BCUT2D eigenvalue weighted by Crippen LogP contribution is 2.33. The molecule has 0 bridgehead atoms. The van der Waals surface area contributed by atoms with Crippen molar-refractivity contribution in [3.05, 3.63) is 78.4 Å². The minimum Gasteiger partial charge on any atom is -0.454 e. The van der Waals surface area contributed by atoms with Crippen molar-refractivity contribution >= 4 is 31.6 Å². The van der Waals surface area contributed by atoms with Gasteiger partial charge in [-0.3, -0.25) is 4.79 Å². The van der Waals surface area contributed by atoms with Gasteiger partial charge in [0.2, 0.25) is 32.7 Å². The van der Waals surface area contributed by atoms with Crippen molar-refractivity contribution in [2.75, 3.05) is 18.7 Å². The van der Waals surface area contributed by atoms with Crippen molar-refractivity contribution in [1.82, 2.24) is 9.03 Å². The summed E-state index contributed by atoms with van der Waals surface area (Å²) >= 11 is 0. The molecule has 0 spiro atoms. The number of nitrogens with zero attached hydrogens (tertiary/aromatic N) is 1. The Morgan fingerprint density at radius 3 is 2.23 bits per heavy atom. The number of fused-ring (bicyclic) bond motifs is 1. The van der Waals surface area contributed by atoms with E-state index in [-0.39, 0.29) is 29.2 Å². The molecule has 1 aliphatic carbocycles. The molecule has 1 heterocycles. The van der Waals surface area contributed by atoms with Gasteiger partial charge in [0.05, 0.1) is 16.3 Å². The highest BCUT2D eigenvalue weighted by Gasteiger charge is 2.29. The quantitative estimate of drug-likeness (QED) is 0.370. The van der Waals surface area contributed by atoms with Crippen molar-refractivity contribution < 1.29 is 31.1 Å². The van der Waals surface area contributed by atoms with Gasteiger partial charge in [0.1, 0.15) is 0 Å². The molecule has 10 nitrogen and oxygen atoms in total. The van der Waals surface area contributed by atoms with Crippen LogP contribution in [0.15, 0.2) is 82.6 Å². The first-order valence-corrected chi connectivity index (χ1v) is 16.0. The fraction of sp³-hybridized carbons (Fsp3) is 0.321. The van der Waals surface area contributed by atoms with Crippen LogP contribution in [0.1, 0.15) is 37.7 Å². The topological polar surface area (TPSA) is 131 Å². The molecule has 40 heavy (non-hydrogen) atoms. The van der Waals surface area contributed by atoms with Crippen LogP contribution >= 0.6 is 0 Å². The average Bonchev–Trinajstić information content (AvgIpc) is 3.42. The zero-order valence-electron chi connectivity index (χ0n) is 21.8. The summed E-state index contributed by atoms with van der Waals surface area (Å²) in [5, 5.41) is 2.71. The molecule has 0 saturated heterocycles. The van der Waals surface area contributed by atoms with E-state index >= 15 is 0 Å². The minimum atomic E-state index is -4.20. The second kappa shape index (κ2) is 12.0. The normalized spacial score (nSPS) is 15.7. The lowest BCUT2D eigenvalue weighted by atomic mass is 9.96. The van der Waals surface area contributed by atoms with E-state index in [9.17, 15) is 21.6 Å². The van der Waals surface area contributed by atoms with E-state index in [1.54, 1.807) is 48.5 Å². The number of anilines is 1. The van der Waals surface area contributed by atoms with Crippen LogP contribution in [0.3, 0.4) is 0 Å². The van der Waals surface area contributed by atoms with Crippen LogP contribution in [0.2, 0.25) is 0 Å². The standard InChI is InChI=1S/C28H31N3O7S2/c32-28(29-22-7-3-1-4-8-22)19-31(18-21-11-16-26-27(17-21)38-20-37-26)40(35,36)25-14-12-24(13-15-25)39(33,34)30-23-9-5-2-6-10-23/h1,3-4,7-8,11-17,23,30H,2,5-6,9-10,18-20H2,(H,29,32). The molecule has 12 heteroatoms. The van der Waals surface area contributed by atoms with Gasteiger partial charge in [-0.1, -0.05) is 43.5 Å². The molecule has 1 fully saturated rings. The van der Waals surface area contributed by atoms with Crippen LogP contribution in [0.5, 0.6) is 11.5 Å². The lowest BCUT2D eigenvalue weighted by Gasteiger charge is -2.23. The highest BCUT2D eigenvalue weighted by molar-refractivity contribution is 7.89. The maximum absolute atomic E-state index is 13.8. The van der Waals surface area contributed by atoms with E-state index in [4.69, 9.17) is 9.47 Å². The fourth-order valence-electron chi connectivity index (χ4n) is 4.80. The third-order valence-corrected chi connectivity index (χ3v) is 10.2. The summed E-state index contributed by atoms with van der Waals surface area (Å²) in [7, 11) is -8.00. The number of benzene rings is 3. The summed E-state index contributed by atoms with van der Waals surface area (Å²) in [6, 6.07) is 18.7. The molecule has 0 radical (unpaired) electrons. The first-order valence-electron chi connectivity index (χ1n) is 13.1. The maximum atomic E-state index is 13.8. The Labute approximate surface area is 234 Å². The number of para-hydroxylation sites is 1. The summed E-state index contributed by atoms with van der Waals surface area (Å²) in [4.78, 5) is 12.8. The summed E-state index contributed by atoms with van der Waals surface area (Å²) in [6.07, 6.45) is 4.61. The number of hydrogen-bond acceptors (Lipinski definition) is 7. The number of hydrogen-bond donors (Lipinski definition) is 2. The predicted octanol–water partition coefficient (Wildman–Crippen LogP) is 3.86. The number of nitrogens with one attached hydrogen (secondary N) is 2. The van der Waals surface area contributed by atoms with Gasteiger partial charge >= 0.3 is 0 Å². The molecule has 0 atom stereocenters. The molecular formula is C28H31N3O7S2. The lowest BCUT2D eigenvalue weighted by Crippen LogP contribution is -2.37. The van der Waals surface area contributed by atoms with E-state index < -0.39 is 32.5 Å². The van der Waals surface area contributed by atoms with Gasteiger partial charge in [-0.2, -0.15) is 4.31 Å². The molecule has 212 valence electrons. The van der Waals surface area contributed by atoms with E-state index in [0.29, 0.717) is 22.7 Å². The second-order valence-electron chi connectivity index (χ2n) is 9.80. The third kappa shape index (κ3) is 6.64. The van der Waals surface area contributed by atoms with Crippen LogP contribution in [0, 0.1) is 0 Å². The molecule has 2 aliphatic rings. The van der Waals surface area contributed by atoms with Gasteiger partial charge in [0.15, 0.2) is 11.5 Å². The third-order valence-electron chi connectivity index (χ3n) is 6.87. The van der Waals surface area contributed by atoms with E-state index in [1.165, 1.54) is 24.3 Å². The number of rotatable bonds is 10. The summed E-state index contributed by atoms with van der Waals surface area (Å²) in [6.45, 7) is -0.509. The number of carbonyl (C=O) groups is 1. The summed E-state index contributed by atoms with van der Waals surface area (Å²) in [5.41, 5.74) is 1.13. The molecule has 0 unspecified atom stereocenters. The molecule has 3 aromatic carbocycles. The SMILES string of the molecule is O=C(CN(Cc1ccc2c(c1)OCO2)S(=O)(=O)c1ccc(S(=O)(=O)NC2CCCCC2)cc1)Nc1ccccc1. The zero-order valence-corrected chi connectivity index (χ0v) is 23.4. The van der Waals surface area contributed by atoms with Gasteiger partial charge in [-0.05, 0) is 66.9 Å². The van der Waals surface area contributed by atoms with Crippen LogP contribution in [-0.2, 0) is 31.4 Å². The molecule has 2 N–H and O–H groups in total. The number of sulfonamides is 2. The van der Waals surface area contributed by atoms with Crippen molar-refractivity contribution in [3.63, 3.8) is 0 Å². The van der Waals surface area contributed by atoms with Gasteiger partial charge in [0, 0.05) is 18.3 Å². The monoisotopic (exact) mass is 585 g/mol. The van der Waals surface area contributed by atoms with Crippen molar-refractivity contribution in [3.8, 4) is 11.5 Å². The molecule has 3 aromatic rings. The average molecular weight is 586 g/mol. The number of carbonyl (C=O) groups excluding carboxylic acids is 1. The van der Waals surface area contributed by atoms with E-state index in [1.807, 2.05) is 0 Å². The summed E-state index contributed by atoms with van der Waals surface area (Å²) in [5.74, 6) is 0.522. The summed E-state index contributed by atoms with van der Waals surface area (Å²) < 4.78 is 67.9. The highest BCUT2D eigenvalue weighted by atomic mass is 32.2. The number of amides is 1. The Morgan fingerprint density at radius 1 is 0.825 bits per heavy atom. The Kier molecular flexibility index (Phi) is 8.40. The Balaban J connectivity index is 1.38. The fourth-order valence-corrected chi connectivity index (χ4v) is 7.49. The molecular weight excluding hydrogens is 554 g/mol. The molecule has 1 saturated carbocycles.